The zero-order valence-corrected chi connectivity index (χ0v) is 16.9. The van der Waals surface area contributed by atoms with Crippen molar-refractivity contribution in [3.63, 3.8) is 0 Å². The zero-order valence-electron chi connectivity index (χ0n) is 15.2. The Hall–Kier alpha value is -2.10. The molecule has 2 heterocycles. The second kappa shape index (κ2) is 8.28. The highest BCUT2D eigenvalue weighted by atomic mass is 32.2. The number of piperidine rings is 1. The number of anilines is 1. The highest BCUT2D eigenvalue weighted by molar-refractivity contribution is 7.90. The molecule has 2 aromatic rings. The van der Waals surface area contributed by atoms with Crippen LogP contribution in [0.1, 0.15) is 35.1 Å². The van der Waals surface area contributed by atoms with Crippen LogP contribution >= 0.6 is 11.3 Å². The lowest BCUT2D eigenvalue weighted by molar-refractivity contribution is 0.102. The lowest BCUT2D eigenvalue weighted by Crippen LogP contribution is -2.31. The molecule has 1 saturated heterocycles. The highest BCUT2D eigenvalue weighted by Gasteiger charge is 2.21. The predicted molar refractivity (Wildman–Crippen MR) is 107 cm³/mol. The molecule has 0 bridgehead atoms. The number of rotatable bonds is 5. The quantitative estimate of drug-likeness (QED) is 0.744. The second-order valence-corrected chi connectivity index (χ2v) is 9.00. The molecule has 0 spiro atoms. The molecule has 0 unspecified atom stereocenters. The van der Waals surface area contributed by atoms with Gasteiger partial charge in [0, 0.05) is 28.9 Å². The lowest BCUT2D eigenvalue weighted by atomic mass is 9.94. The predicted octanol–water partition coefficient (Wildman–Crippen LogP) is 2.85. The molecule has 1 fully saturated rings. The molecule has 144 valence electrons. The summed E-state index contributed by atoms with van der Waals surface area (Å²) in [6.45, 7) is 5.29. The molecule has 9 heteroatoms. The summed E-state index contributed by atoms with van der Waals surface area (Å²) in [5.41, 5.74) is 1.85. The molecular weight excluding hydrogens is 384 g/mol. The molecule has 1 aromatic carbocycles. The Kier molecular flexibility index (Phi) is 6.03. The largest absolute Gasteiger partial charge is 0.320 e. The van der Waals surface area contributed by atoms with Crippen molar-refractivity contribution in [2.24, 2.45) is 10.3 Å². The first-order valence-electron chi connectivity index (χ1n) is 8.70. The van der Waals surface area contributed by atoms with Crippen LogP contribution in [-0.2, 0) is 10.0 Å². The van der Waals surface area contributed by atoms with Gasteiger partial charge in [-0.05, 0) is 63.5 Å². The van der Waals surface area contributed by atoms with Gasteiger partial charge in [-0.25, -0.2) is 4.98 Å². The van der Waals surface area contributed by atoms with Crippen molar-refractivity contribution in [3.05, 3.63) is 40.3 Å². The van der Waals surface area contributed by atoms with E-state index < -0.39 is 10.0 Å². The van der Waals surface area contributed by atoms with Gasteiger partial charge in [-0.3, -0.25) is 4.79 Å². The van der Waals surface area contributed by atoms with Crippen LogP contribution < -0.4 is 10.6 Å². The number of nitrogens with zero attached hydrogens (tertiary/aromatic N) is 2. The molecule has 1 aliphatic heterocycles. The van der Waals surface area contributed by atoms with Crippen molar-refractivity contribution in [1.82, 2.24) is 10.3 Å². The molecule has 3 rings (SSSR count). The molecule has 2 N–H and O–H groups in total. The van der Waals surface area contributed by atoms with Crippen molar-refractivity contribution in [2.45, 2.75) is 31.6 Å². The summed E-state index contributed by atoms with van der Waals surface area (Å²) in [7, 11) is -3.78. The minimum Gasteiger partial charge on any atom is -0.320 e. The van der Waals surface area contributed by atoms with E-state index in [0.29, 0.717) is 22.0 Å². The first-order chi connectivity index (χ1) is 12.9. The fourth-order valence-electron chi connectivity index (χ4n) is 3.00. The van der Waals surface area contributed by atoms with E-state index in [1.165, 1.54) is 23.5 Å². The molecule has 7 nitrogen and oxygen atoms in total. The summed E-state index contributed by atoms with van der Waals surface area (Å²) in [6, 6.07) is 4.59. The van der Waals surface area contributed by atoms with Crippen LogP contribution in [0.2, 0.25) is 0 Å². The van der Waals surface area contributed by atoms with Crippen LogP contribution in [-0.4, -0.2) is 38.1 Å². The number of carbonyl (C=O) groups is 1. The van der Waals surface area contributed by atoms with Crippen molar-refractivity contribution in [3.8, 4) is 0 Å². The van der Waals surface area contributed by atoms with Gasteiger partial charge < -0.3 is 10.6 Å². The average Bonchev–Trinajstić information content (AvgIpc) is 3.18. The summed E-state index contributed by atoms with van der Waals surface area (Å²) >= 11 is 1.24. The maximum absolute atomic E-state index is 12.7. The van der Waals surface area contributed by atoms with Crippen LogP contribution in [0, 0.1) is 12.8 Å². The maximum Gasteiger partial charge on any atom is 0.284 e. The number of carbonyl (C=O) groups excluding carboxylic acids is 1. The standard InChI is InChI=1S/C18H22N4O3S2/c1-12-11-15(3-4-16(12)21-17(23)18-20-9-10-26-18)27(24,25)22-13(2)14-5-7-19-8-6-14/h3-4,9-11,14,19H,5-8H2,1-2H3,(H,21,23)/b22-13-. The fourth-order valence-corrected chi connectivity index (χ4v) is 4.73. The molecule has 27 heavy (non-hydrogen) atoms. The fraction of sp³-hybridized carbons (Fsp3) is 0.389. The molecule has 0 atom stereocenters. The maximum atomic E-state index is 12.7. The van der Waals surface area contributed by atoms with Crippen LogP contribution in [0.4, 0.5) is 5.69 Å². The van der Waals surface area contributed by atoms with Crippen LogP contribution in [0.15, 0.2) is 39.1 Å². The Balaban J connectivity index is 1.78. The van der Waals surface area contributed by atoms with Gasteiger partial charge in [-0.2, -0.15) is 12.8 Å². The Labute approximate surface area is 163 Å². The summed E-state index contributed by atoms with van der Waals surface area (Å²) in [5, 5.41) is 8.09. The summed E-state index contributed by atoms with van der Waals surface area (Å²) < 4.78 is 29.4. The van der Waals surface area contributed by atoms with Gasteiger partial charge in [0.15, 0.2) is 5.01 Å². The van der Waals surface area contributed by atoms with E-state index in [-0.39, 0.29) is 16.7 Å². The monoisotopic (exact) mass is 406 g/mol. The molecule has 0 saturated carbocycles. The number of aryl methyl sites for hydroxylation is 1. The van der Waals surface area contributed by atoms with Gasteiger partial charge in [-0.15, -0.1) is 11.3 Å². The number of aromatic nitrogens is 1. The SMILES string of the molecule is C/C(=N/S(=O)(=O)c1ccc(NC(=O)c2nccs2)c(C)c1)C1CCNCC1. The summed E-state index contributed by atoms with van der Waals surface area (Å²) in [6.07, 6.45) is 3.35. The van der Waals surface area contributed by atoms with E-state index in [1.807, 2.05) is 0 Å². The van der Waals surface area contributed by atoms with E-state index in [1.54, 1.807) is 31.5 Å². The number of hydrogen-bond acceptors (Lipinski definition) is 6. The third-order valence-corrected chi connectivity index (χ3v) is 6.71. The van der Waals surface area contributed by atoms with Crippen molar-refractivity contribution in [1.29, 1.82) is 0 Å². The van der Waals surface area contributed by atoms with Crippen molar-refractivity contribution < 1.29 is 13.2 Å². The van der Waals surface area contributed by atoms with Gasteiger partial charge in [0.1, 0.15) is 0 Å². The number of thiazole rings is 1. The van der Waals surface area contributed by atoms with E-state index in [9.17, 15) is 13.2 Å². The second-order valence-electron chi connectivity index (χ2n) is 6.50. The first kappa shape index (κ1) is 19.7. The minimum absolute atomic E-state index is 0.125. The Morgan fingerprint density at radius 1 is 1.33 bits per heavy atom. The summed E-state index contributed by atoms with van der Waals surface area (Å²) in [5.74, 6) is -0.123. The zero-order chi connectivity index (χ0) is 19.4. The molecular formula is C18H22N4O3S2. The number of nitrogens with one attached hydrogen (secondary N) is 2. The number of amides is 1. The third kappa shape index (κ3) is 4.79. The van der Waals surface area contributed by atoms with Crippen LogP contribution in [0.3, 0.4) is 0 Å². The van der Waals surface area contributed by atoms with Gasteiger partial charge in [0.05, 0.1) is 4.90 Å². The molecule has 0 aliphatic carbocycles. The van der Waals surface area contributed by atoms with Gasteiger partial charge >= 0.3 is 0 Å². The Bertz CT molecular complexity index is 947. The smallest absolute Gasteiger partial charge is 0.284 e. The van der Waals surface area contributed by atoms with E-state index in [4.69, 9.17) is 0 Å². The molecule has 1 aliphatic rings. The molecule has 0 radical (unpaired) electrons. The van der Waals surface area contributed by atoms with E-state index in [0.717, 1.165) is 25.9 Å². The van der Waals surface area contributed by atoms with E-state index in [2.05, 4.69) is 20.0 Å². The normalized spacial score (nSPS) is 16.3. The Morgan fingerprint density at radius 3 is 2.70 bits per heavy atom. The average molecular weight is 407 g/mol. The molecule has 1 amide bonds. The van der Waals surface area contributed by atoms with Gasteiger partial charge in [0.2, 0.25) is 0 Å². The third-order valence-electron chi connectivity index (χ3n) is 4.56. The van der Waals surface area contributed by atoms with Crippen molar-refractivity contribution >= 4 is 38.7 Å². The number of benzene rings is 1. The summed E-state index contributed by atoms with van der Waals surface area (Å²) in [4.78, 5) is 16.2. The van der Waals surface area contributed by atoms with E-state index >= 15 is 0 Å². The molecule has 1 aromatic heterocycles. The lowest BCUT2D eigenvalue weighted by Gasteiger charge is -2.22. The minimum atomic E-state index is -3.78. The Morgan fingerprint density at radius 2 is 2.07 bits per heavy atom. The van der Waals surface area contributed by atoms with Crippen LogP contribution in [0.5, 0.6) is 0 Å². The van der Waals surface area contributed by atoms with Gasteiger partial charge in [-0.1, -0.05) is 0 Å². The highest BCUT2D eigenvalue weighted by Crippen LogP contribution is 2.23. The van der Waals surface area contributed by atoms with Gasteiger partial charge in [0.25, 0.3) is 15.9 Å². The van der Waals surface area contributed by atoms with Crippen LogP contribution in [0.25, 0.3) is 0 Å². The topological polar surface area (TPSA) is 101 Å². The first-order valence-corrected chi connectivity index (χ1v) is 11.0. The number of hydrogen-bond donors (Lipinski definition) is 2. The van der Waals surface area contributed by atoms with Crippen molar-refractivity contribution in [2.75, 3.05) is 18.4 Å². The number of sulfonamides is 1.